The first kappa shape index (κ1) is 14.5. The van der Waals surface area contributed by atoms with Gasteiger partial charge < -0.3 is 16.2 Å². The molecule has 0 heterocycles. The van der Waals surface area contributed by atoms with Crippen LogP contribution in [0, 0.1) is 11.2 Å². The fourth-order valence-electron chi connectivity index (χ4n) is 2.61. The Bertz CT molecular complexity index is 539. The Kier molecular flexibility index (Phi) is 4.04. The van der Waals surface area contributed by atoms with E-state index in [0.717, 1.165) is 37.8 Å². The van der Waals surface area contributed by atoms with Crippen molar-refractivity contribution in [1.29, 1.82) is 0 Å². The minimum Gasteiger partial charge on any atom is -0.478 e. The van der Waals surface area contributed by atoms with Crippen LogP contribution < -0.4 is 11.1 Å². The molecule has 1 saturated carbocycles. The molecule has 2 rings (SSSR count). The van der Waals surface area contributed by atoms with E-state index in [1.165, 1.54) is 6.07 Å². The zero-order valence-corrected chi connectivity index (χ0v) is 11.0. The summed E-state index contributed by atoms with van der Waals surface area (Å²) in [4.78, 5) is 23.2. The molecule has 1 amide bonds. The highest BCUT2D eigenvalue weighted by molar-refractivity contribution is 5.97. The molecular formula is C14H17FN2O3. The van der Waals surface area contributed by atoms with Crippen molar-refractivity contribution < 1.29 is 19.1 Å². The summed E-state index contributed by atoms with van der Waals surface area (Å²) < 4.78 is 13.3. The average molecular weight is 280 g/mol. The number of rotatable bonds is 4. The van der Waals surface area contributed by atoms with Gasteiger partial charge in [0.1, 0.15) is 5.82 Å². The normalized spacial score (nSPS) is 16.9. The van der Waals surface area contributed by atoms with Crippen LogP contribution in [-0.4, -0.2) is 23.5 Å². The monoisotopic (exact) mass is 280 g/mol. The van der Waals surface area contributed by atoms with Crippen LogP contribution in [0.1, 0.15) is 36.0 Å². The maximum atomic E-state index is 13.3. The van der Waals surface area contributed by atoms with Gasteiger partial charge in [0.05, 0.1) is 11.0 Å². The average Bonchev–Trinajstić information content (AvgIpc) is 2.90. The first-order valence-corrected chi connectivity index (χ1v) is 6.53. The van der Waals surface area contributed by atoms with Gasteiger partial charge in [0.25, 0.3) is 0 Å². The number of carboxylic acid groups (broad SMARTS) is 1. The van der Waals surface area contributed by atoms with Crippen LogP contribution >= 0.6 is 0 Å². The molecule has 1 aromatic carbocycles. The van der Waals surface area contributed by atoms with Crippen LogP contribution in [0.4, 0.5) is 10.1 Å². The van der Waals surface area contributed by atoms with Gasteiger partial charge in [-0.15, -0.1) is 0 Å². The summed E-state index contributed by atoms with van der Waals surface area (Å²) in [6.07, 6.45) is 3.35. The van der Waals surface area contributed by atoms with Crippen molar-refractivity contribution in [3.05, 3.63) is 29.6 Å². The molecule has 0 aromatic heterocycles. The van der Waals surface area contributed by atoms with Crippen LogP contribution in [0.15, 0.2) is 18.2 Å². The molecule has 20 heavy (non-hydrogen) atoms. The molecule has 1 aromatic rings. The van der Waals surface area contributed by atoms with Gasteiger partial charge in [0, 0.05) is 12.2 Å². The number of carbonyl (C=O) groups excluding carboxylic acids is 1. The molecule has 6 heteroatoms. The lowest BCUT2D eigenvalue weighted by Gasteiger charge is -2.25. The first-order valence-electron chi connectivity index (χ1n) is 6.53. The summed E-state index contributed by atoms with van der Waals surface area (Å²) in [6.45, 7) is 0.256. The number of carbonyl (C=O) groups is 2. The van der Waals surface area contributed by atoms with E-state index < -0.39 is 22.8 Å². The molecule has 0 unspecified atom stereocenters. The molecule has 4 N–H and O–H groups in total. The number of hydrogen-bond donors (Lipinski definition) is 3. The highest BCUT2D eigenvalue weighted by Gasteiger charge is 2.39. The smallest absolute Gasteiger partial charge is 0.338 e. The molecule has 1 fully saturated rings. The molecule has 0 bridgehead atoms. The van der Waals surface area contributed by atoms with Gasteiger partial charge >= 0.3 is 5.97 Å². The third kappa shape index (κ3) is 2.65. The number of carboxylic acids is 1. The number of aromatic carboxylic acids is 1. The van der Waals surface area contributed by atoms with Gasteiger partial charge in [-0.25, -0.2) is 9.18 Å². The Hall–Kier alpha value is -1.95. The van der Waals surface area contributed by atoms with E-state index >= 15 is 0 Å². The Labute approximate surface area is 116 Å². The molecule has 5 nitrogen and oxygen atoms in total. The topological polar surface area (TPSA) is 92.4 Å². The van der Waals surface area contributed by atoms with E-state index in [0.29, 0.717) is 0 Å². The summed E-state index contributed by atoms with van der Waals surface area (Å²) in [5.41, 5.74) is 4.93. The molecule has 1 aliphatic carbocycles. The number of anilines is 1. The molecular weight excluding hydrogens is 263 g/mol. The number of halogens is 1. The van der Waals surface area contributed by atoms with Crippen molar-refractivity contribution in [2.45, 2.75) is 25.7 Å². The highest BCUT2D eigenvalue weighted by Crippen LogP contribution is 2.38. The lowest BCUT2D eigenvalue weighted by Crippen LogP contribution is -2.40. The zero-order valence-electron chi connectivity index (χ0n) is 11.0. The van der Waals surface area contributed by atoms with E-state index in [1.807, 2.05) is 0 Å². The predicted molar refractivity (Wildman–Crippen MR) is 71.9 cm³/mol. The molecule has 0 saturated heterocycles. The van der Waals surface area contributed by atoms with Gasteiger partial charge in [-0.1, -0.05) is 12.8 Å². The number of nitrogens with one attached hydrogen (secondary N) is 1. The van der Waals surface area contributed by atoms with Crippen molar-refractivity contribution in [2.75, 3.05) is 11.9 Å². The molecule has 0 aliphatic heterocycles. The predicted octanol–water partition coefficient (Wildman–Crippen LogP) is 1.98. The van der Waals surface area contributed by atoms with Crippen LogP contribution in [-0.2, 0) is 4.79 Å². The Morgan fingerprint density at radius 3 is 2.55 bits per heavy atom. The standard InChI is InChI=1S/C14H17FN2O3/c15-11-4-3-9(7-10(11)12(18)19)17-13(20)14(8-16)5-1-2-6-14/h3-4,7H,1-2,5-6,8,16H2,(H,17,20)(H,18,19). The quantitative estimate of drug-likeness (QED) is 0.786. The van der Waals surface area contributed by atoms with Crippen LogP contribution in [0.2, 0.25) is 0 Å². The summed E-state index contributed by atoms with van der Waals surface area (Å²) in [5, 5.41) is 11.5. The van der Waals surface area contributed by atoms with E-state index in [4.69, 9.17) is 10.8 Å². The lowest BCUT2D eigenvalue weighted by atomic mass is 9.85. The maximum absolute atomic E-state index is 13.3. The fourth-order valence-corrected chi connectivity index (χ4v) is 2.61. The van der Waals surface area contributed by atoms with E-state index in [-0.39, 0.29) is 18.1 Å². The SMILES string of the molecule is NCC1(C(=O)Nc2ccc(F)c(C(=O)O)c2)CCCC1. The van der Waals surface area contributed by atoms with E-state index in [2.05, 4.69) is 5.32 Å². The lowest BCUT2D eigenvalue weighted by molar-refractivity contribution is -0.124. The molecule has 1 aliphatic rings. The number of amides is 1. The fraction of sp³-hybridized carbons (Fsp3) is 0.429. The van der Waals surface area contributed by atoms with Gasteiger partial charge in [-0.3, -0.25) is 4.79 Å². The number of benzene rings is 1. The van der Waals surface area contributed by atoms with Gasteiger partial charge in [0.2, 0.25) is 5.91 Å². The third-order valence-corrected chi connectivity index (χ3v) is 3.89. The Morgan fingerprint density at radius 1 is 1.35 bits per heavy atom. The van der Waals surface area contributed by atoms with Crippen LogP contribution in [0.5, 0.6) is 0 Å². The van der Waals surface area contributed by atoms with Crippen LogP contribution in [0.3, 0.4) is 0 Å². The zero-order chi connectivity index (χ0) is 14.8. The molecule has 0 atom stereocenters. The molecule has 0 spiro atoms. The minimum absolute atomic E-state index is 0.222. The van der Waals surface area contributed by atoms with Crippen molar-refractivity contribution in [1.82, 2.24) is 0 Å². The van der Waals surface area contributed by atoms with Gasteiger partial charge in [0.15, 0.2) is 0 Å². The second kappa shape index (κ2) is 5.58. The second-order valence-electron chi connectivity index (χ2n) is 5.15. The van der Waals surface area contributed by atoms with Gasteiger partial charge in [-0.05, 0) is 31.0 Å². The van der Waals surface area contributed by atoms with E-state index in [9.17, 15) is 14.0 Å². The minimum atomic E-state index is -1.37. The molecule has 0 radical (unpaired) electrons. The second-order valence-corrected chi connectivity index (χ2v) is 5.15. The van der Waals surface area contributed by atoms with Gasteiger partial charge in [-0.2, -0.15) is 0 Å². The van der Waals surface area contributed by atoms with Crippen molar-refractivity contribution in [3.8, 4) is 0 Å². The Balaban J connectivity index is 2.19. The molecule has 108 valence electrons. The Morgan fingerprint density at radius 2 is 2.00 bits per heavy atom. The highest BCUT2D eigenvalue weighted by atomic mass is 19.1. The number of nitrogens with two attached hydrogens (primary N) is 1. The van der Waals surface area contributed by atoms with Crippen molar-refractivity contribution in [2.24, 2.45) is 11.1 Å². The summed E-state index contributed by atoms with van der Waals surface area (Å²) in [5.74, 6) is -2.42. The van der Waals surface area contributed by atoms with Crippen molar-refractivity contribution in [3.63, 3.8) is 0 Å². The summed E-state index contributed by atoms with van der Waals surface area (Å²) in [7, 11) is 0. The van der Waals surface area contributed by atoms with Crippen molar-refractivity contribution >= 4 is 17.6 Å². The van der Waals surface area contributed by atoms with E-state index in [1.54, 1.807) is 0 Å². The first-order chi connectivity index (χ1) is 9.48. The largest absolute Gasteiger partial charge is 0.478 e. The third-order valence-electron chi connectivity index (χ3n) is 3.89. The number of hydrogen-bond acceptors (Lipinski definition) is 3. The maximum Gasteiger partial charge on any atom is 0.338 e. The van der Waals surface area contributed by atoms with Crippen LogP contribution in [0.25, 0.3) is 0 Å². The summed E-state index contributed by atoms with van der Waals surface area (Å²) in [6, 6.07) is 3.50. The summed E-state index contributed by atoms with van der Waals surface area (Å²) >= 11 is 0.